The first-order chi connectivity index (χ1) is 34.8. The van der Waals surface area contributed by atoms with Crippen molar-refractivity contribution in [2.24, 2.45) is 51.4 Å². The number of aliphatic imine (C=N–C) groups is 1. The van der Waals surface area contributed by atoms with E-state index in [-0.39, 0.29) is 82.2 Å². The molecule has 418 valence electrons. The molecule has 20 N–H and O–H groups in total. The van der Waals surface area contributed by atoms with Crippen LogP contribution in [0.1, 0.15) is 124 Å². The summed E-state index contributed by atoms with van der Waals surface area (Å²) in [5, 5.41) is 47.4. The van der Waals surface area contributed by atoms with E-state index < -0.39 is 120 Å². The molecule has 0 heterocycles. The fraction of sp³-hybridized carbons (Fsp3) is 0.673. The van der Waals surface area contributed by atoms with Gasteiger partial charge in [0.25, 0.3) is 0 Å². The molecule has 1 aromatic rings. The van der Waals surface area contributed by atoms with E-state index in [1.807, 2.05) is 0 Å². The molecule has 0 radical (unpaired) electrons. The van der Waals surface area contributed by atoms with Crippen molar-refractivity contribution in [2.45, 2.75) is 173 Å². The molecule has 25 nitrogen and oxygen atoms in total. The van der Waals surface area contributed by atoms with Crippen molar-refractivity contribution in [3.05, 3.63) is 29.8 Å². The quantitative estimate of drug-likeness (QED) is 0.0208. The lowest BCUT2D eigenvalue weighted by atomic mass is 9.96. The SMILES string of the molecule is CC[C@H](C)[C@H](NC(=O)[C@H](CCCCN)NC(=O)[C@H](CCCN=C(N)N)NC(=O)[C@@H](N)CCC(=O)O)C(=O)N[C@@H](CCCCN)C(=O)N[C@H](C(=O)N[C@@H](Cc1ccc(O)cc1)C(=O)N[C@@H](CC(C)C)C(=O)O)C(C)C. The lowest BCUT2D eigenvalue weighted by molar-refractivity contribution is -0.143. The van der Waals surface area contributed by atoms with Gasteiger partial charge in [-0.3, -0.25) is 43.3 Å². The Kier molecular flexibility index (Phi) is 30.7. The maximum atomic E-state index is 14.3. The number of aromatic hydroxyl groups is 1. The number of nitrogens with one attached hydrogen (secondary N) is 7. The number of hydrogen-bond acceptors (Lipinski definition) is 14. The number of carboxylic acid groups (broad SMARTS) is 2. The number of phenolic OH excluding ortho intramolecular Hbond substituents is 1. The van der Waals surface area contributed by atoms with Crippen LogP contribution in [0.3, 0.4) is 0 Å². The fourth-order valence-electron chi connectivity index (χ4n) is 7.57. The summed E-state index contributed by atoms with van der Waals surface area (Å²) in [7, 11) is 0. The fourth-order valence-corrected chi connectivity index (χ4v) is 7.57. The van der Waals surface area contributed by atoms with Crippen molar-refractivity contribution in [1.29, 1.82) is 0 Å². The van der Waals surface area contributed by atoms with Gasteiger partial charge in [0.15, 0.2) is 5.96 Å². The summed E-state index contributed by atoms with van der Waals surface area (Å²) in [4.78, 5) is 125. The average Bonchev–Trinajstić information content (AvgIpc) is 3.33. The van der Waals surface area contributed by atoms with Gasteiger partial charge in [0.05, 0.1) is 6.04 Å². The van der Waals surface area contributed by atoms with Crippen molar-refractivity contribution in [1.82, 2.24) is 37.2 Å². The maximum absolute atomic E-state index is 14.3. The van der Waals surface area contributed by atoms with Crippen LogP contribution in [0.15, 0.2) is 29.3 Å². The number of hydrogen-bond donors (Lipinski definition) is 15. The Balaban J connectivity index is 3.52. The highest BCUT2D eigenvalue weighted by molar-refractivity contribution is 5.98. The number of carboxylic acids is 2. The Labute approximate surface area is 433 Å². The summed E-state index contributed by atoms with van der Waals surface area (Å²) in [6.45, 7) is 11.0. The molecule has 0 saturated carbocycles. The van der Waals surface area contributed by atoms with Gasteiger partial charge in [-0.05, 0) is 113 Å². The zero-order valence-electron chi connectivity index (χ0n) is 43.8. The van der Waals surface area contributed by atoms with Crippen LogP contribution in [0.4, 0.5) is 0 Å². The second-order valence-corrected chi connectivity index (χ2v) is 19.3. The van der Waals surface area contributed by atoms with Gasteiger partial charge in [0, 0.05) is 19.4 Å². The summed E-state index contributed by atoms with van der Waals surface area (Å²) >= 11 is 0. The smallest absolute Gasteiger partial charge is 0.326 e. The van der Waals surface area contributed by atoms with Crippen molar-refractivity contribution < 1.29 is 58.5 Å². The lowest BCUT2D eigenvalue weighted by Crippen LogP contribution is -2.61. The third-order valence-corrected chi connectivity index (χ3v) is 12.1. The second-order valence-electron chi connectivity index (χ2n) is 19.3. The third kappa shape index (κ3) is 25.4. The Morgan fingerprint density at radius 1 is 0.568 bits per heavy atom. The molecule has 0 fully saturated rings. The first-order valence-corrected chi connectivity index (χ1v) is 25.4. The molecular weight excluding hydrogens is 963 g/mol. The summed E-state index contributed by atoms with van der Waals surface area (Å²) in [6, 6.07) is -4.31. The highest BCUT2D eigenvalue weighted by Crippen LogP contribution is 2.16. The van der Waals surface area contributed by atoms with Crippen LogP contribution in [0.2, 0.25) is 0 Å². The van der Waals surface area contributed by atoms with E-state index in [0.717, 1.165) is 0 Å². The number of phenols is 1. The predicted octanol–water partition coefficient (Wildman–Crippen LogP) is -1.34. The molecule has 1 aromatic carbocycles. The van der Waals surface area contributed by atoms with E-state index in [9.17, 15) is 53.4 Å². The topological polar surface area (TPSA) is 441 Å². The molecular formula is C49H85N13O12. The number of carbonyl (C=O) groups is 9. The molecule has 0 unspecified atom stereocenters. The minimum atomic E-state index is -1.32. The molecule has 1 rings (SSSR count). The number of benzene rings is 1. The minimum Gasteiger partial charge on any atom is -0.508 e. The highest BCUT2D eigenvalue weighted by atomic mass is 16.4. The van der Waals surface area contributed by atoms with E-state index >= 15 is 0 Å². The van der Waals surface area contributed by atoms with E-state index in [1.165, 1.54) is 12.1 Å². The van der Waals surface area contributed by atoms with Crippen LogP contribution < -0.4 is 65.9 Å². The number of nitrogens with zero attached hydrogens (tertiary/aromatic N) is 1. The van der Waals surface area contributed by atoms with Crippen LogP contribution in [-0.4, -0.2) is 143 Å². The summed E-state index contributed by atoms with van der Waals surface area (Å²) in [6.07, 6.45) is 1.76. The van der Waals surface area contributed by atoms with Gasteiger partial charge in [0.1, 0.15) is 48.0 Å². The van der Waals surface area contributed by atoms with Gasteiger partial charge >= 0.3 is 11.9 Å². The zero-order chi connectivity index (χ0) is 56.1. The first-order valence-electron chi connectivity index (χ1n) is 25.4. The molecule has 0 aliphatic carbocycles. The van der Waals surface area contributed by atoms with Crippen LogP contribution in [0.25, 0.3) is 0 Å². The third-order valence-electron chi connectivity index (χ3n) is 12.1. The van der Waals surface area contributed by atoms with E-state index in [4.69, 9.17) is 33.8 Å². The monoisotopic (exact) mass is 1050 g/mol. The Morgan fingerprint density at radius 2 is 1.01 bits per heavy atom. The molecule has 0 aromatic heterocycles. The van der Waals surface area contributed by atoms with Crippen molar-refractivity contribution in [3.8, 4) is 5.75 Å². The molecule has 7 amide bonds. The van der Waals surface area contributed by atoms with E-state index in [1.54, 1.807) is 53.7 Å². The van der Waals surface area contributed by atoms with Gasteiger partial charge in [0.2, 0.25) is 41.4 Å². The second kappa shape index (κ2) is 34.8. The van der Waals surface area contributed by atoms with Crippen molar-refractivity contribution in [2.75, 3.05) is 19.6 Å². The number of carbonyl (C=O) groups excluding carboxylic acids is 7. The molecule has 74 heavy (non-hydrogen) atoms. The number of aliphatic carboxylic acids is 2. The Hall–Kier alpha value is -6.60. The van der Waals surface area contributed by atoms with Gasteiger partial charge in [-0.2, -0.15) is 0 Å². The largest absolute Gasteiger partial charge is 0.508 e. The number of guanidine groups is 1. The van der Waals surface area contributed by atoms with E-state index in [0.29, 0.717) is 37.7 Å². The number of rotatable bonds is 37. The average molecular weight is 1050 g/mol. The number of unbranched alkanes of at least 4 members (excludes halogenated alkanes) is 2. The Bertz CT molecular complexity index is 2000. The standard InChI is InChI=1S/C49H85N13O12/c1-7-29(6)40(62-44(69)33(13-8-10-22-50)57-42(67)35(15-12-24-55-49(53)54)56-41(66)32(52)20-21-38(64)65)47(72)58-34(14-9-11-23-51)43(68)61-39(28(4)5)46(71)59-36(26-30-16-18-31(63)19-17-30)45(70)60-37(48(73)74)25-27(2)3/h16-19,27-29,32-37,39-40,63H,7-15,20-26,50-52H2,1-6H3,(H,56,66)(H,57,67)(H,58,72)(H,59,71)(H,60,70)(H,61,68)(H,62,69)(H,64,65)(H,73,74)(H4,53,54,55)/t29-,32-,33-,34-,35-,36-,37-,39-,40-/m0/s1. The first kappa shape index (κ1) is 65.4. The summed E-state index contributed by atoms with van der Waals surface area (Å²) < 4.78 is 0. The number of nitrogens with two attached hydrogens (primary N) is 5. The van der Waals surface area contributed by atoms with Gasteiger partial charge < -0.3 is 81.2 Å². The molecule has 0 aliphatic heterocycles. The summed E-state index contributed by atoms with van der Waals surface area (Å²) in [5.74, 6) is -9.31. The van der Waals surface area contributed by atoms with Crippen molar-refractivity contribution >= 4 is 59.2 Å². The zero-order valence-corrected chi connectivity index (χ0v) is 43.8. The molecule has 0 saturated heterocycles. The van der Waals surface area contributed by atoms with Crippen LogP contribution >= 0.6 is 0 Å². The molecule has 9 atom stereocenters. The minimum absolute atomic E-state index is 0.0106. The Morgan fingerprint density at radius 3 is 1.49 bits per heavy atom. The summed E-state index contributed by atoms with van der Waals surface area (Å²) in [5.41, 5.74) is 28.9. The van der Waals surface area contributed by atoms with Gasteiger partial charge in [-0.25, -0.2) is 4.79 Å². The molecule has 0 bridgehead atoms. The number of amides is 7. The molecule has 0 spiro atoms. The highest BCUT2D eigenvalue weighted by Gasteiger charge is 2.36. The molecule has 0 aliphatic rings. The van der Waals surface area contributed by atoms with Crippen LogP contribution in [0.5, 0.6) is 5.75 Å². The van der Waals surface area contributed by atoms with Gasteiger partial charge in [-0.1, -0.05) is 60.1 Å². The molecule has 25 heteroatoms. The normalized spacial score (nSPS) is 14.9. The van der Waals surface area contributed by atoms with Gasteiger partial charge in [-0.15, -0.1) is 0 Å². The lowest BCUT2D eigenvalue weighted by Gasteiger charge is -2.30. The maximum Gasteiger partial charge on any atom is 0.326 e. The van der Waals surface area contributed by atoms with E-state index in [2.05, 4.69) is 42.2 Å². The predicted molar refractivity (Wildman–Crippen MR) is 277 cm³/mol. The van der Waals surface area contributed by atoms with Crippen LogP contribution in [0, 0.1) is 17.8 Å². The van der Waals surface area contributed by atoms with Crippen LogP contribution in [-0.2, 0) is 49.6 Å². The van der Waals surface area contributed by atoms with Crippen molar-refractivity contribution in [3.63, 3.8) is 0 Å².